The molecule has 2 N–H and O–H groups in total. The summed E-state index contributed by atoms with van der Waals surface area (Å²) < 4.78 is 58.5. The van der Waals surface area contributed by atoms with Crippen LogP contribution in [-0.2, 0) is 9.53 Å². The average molecular weight is 383 g/mol. The molecular formula is C18H13F4NO4. The average Bonchev–Trinajstić information content (AvgIpc) is 2.64. The quantitative estimate of drug-likeness (QED) is 0.154. The van der Waals surface area contributed by atoms with Crippen molar-refractivity contribution in [2.75, 3.05) is 6.61 Å². The highest BCUT2D eigenvalue weighted by atomic mass is 19.2. The smallest absolute Gasteiger partial charge is 0.343 e. The summed E-state index contributed by atoms with van der Waals surface area (Å²) in [4.78, 5) is 15.8. The van der Waals surface area contributed by atoms with E-state index in [1.807, 2.05) is 0 Å². The second kappa shape index (κ2) is 8.35. The van der Waals surface area contributed by atoms with Gasteiger partial charge in [0.05, 0.1) is 12.2 Å². The van der Waals surface area contributed by atoms with Gasteiger partial charge in [0.1, 0.15) is 22.8 Å². The van der Waals surface area contributed by atoms with Crippen molar-refractivity contribution in [3.63, 3.8) is 0 Å². The lowest BCUT2D eigenvalue weighted by Crippen LogP contribution is -2.12. The third-order valence-corrected chi connectivity index (χ3v) is 3.32. The molecular weight excluding hydrogens is 370 g/mol. The summed E-state index contributed by atoms with van der Waals surface area (Å²) in [6.45, 7) is 1.32. The van der Waals surface area contributed by atoms with E-state index < -0.39 is 46.1 Å². The molecule has 5 nitrogen and oxygen atoms in total. The number of carbonyl (C=O) groups excluding carboxylic acids is 1. The third-order valence-electron chi connectivity index (χ3n) is 3.32. The summed E-state index contributed by atoms with van der Waals surface area (Å²) in [5, 5.41) is 19.8. The lowest BCUT2D eigenvalue weighted by molar-refractivity contribution is -0.137. The number of rotatable bonds is 5. The van der Waals surface area contributed by atoms with Crippen LogP contribution in [0.25, 0.3) is 5.76 Å². The predicted octanol–water partition coefficient (Wildman–Crippen LogP) is 4.18. The van der Waals surface area contributed by atoms with E-state index >= 15 is 0 Å². The number of aromatic hydroxyl groups is 1. The summed E-state index contributed by atoms with van der Waals surface area (Å²) in [7, 11) is 0. The molecule has 0 spiro atoms. The van der Waals surface area contributed by atoms with Gasteiger partial charge in [0, 0.05) is 6.21 Å². The fourth-order valence-electron chi connectivity index (χ4n) is 2.02. The highest BCUT2D eigenvalue weighted by Crippen LogP contribution is 2.27. The van der Waals surface area contributed by atoms with Crippen LogP contribution in [0.3, 0.4) is 0 Å². The van der Waals surface area contributed by atoms with Crippen LogP contribution < -0.4 is 0 Å². The Hall–Kier alpha value is -3.36. The van der Waals surface area contributed by atoms with E-state index in [1.54, 1.807) is 0 Å². The van der Waals surface area contributed by atoms with Gasteiger partial charge in [-0.1, -0.05) is 12.1 Å². The highest BCUT2D eigenvalue weighted by Gasteiger charge is 2.25. The molecule has 2 aromatic carbocycles. The van der Waals surface area contributed by atoms with Gasteiger partial charge in [-0.25, -0.2) is 22.4 Å². The summed E-state index contributed by atoms with van der Waals surface area (Å²) in [5.41, 5.74) is -1.87. The number of hydrogen-bond donors (Lipinski definition) is 2. The minimum Gasteiger partial charge on any atom is -0.506 e. The number of phenols is 1. The molecule has 2 rings (SSSR count). The number of aliphatic imine (C=N–C) groups is 1. The maximum atomic E-state index is 13.9. The van der Waals surface area contributed by atoms with Gasteiger partial charge >= 0.3 is 5.97 Å². The Bertz CT molecular complexity index is 941. The topological polar surface area (TPSA) is 79.1 Å². The van der Waals surface area contributed by atoms with Crippen molar-refractivity contribution in [2.24, 2.45) is 4.99 Å². The van der Waals surface area contributed by atoms with Crippen molar-refractivity contribution in [1.29, 1.82) is 0 Å². The SMILES string of the molecule is CCOC(=O)/C(C=Nc1ccccc1O)=C(/O)c1cc(F)c(F)c(F)c1F. The second-order valence-corrected chi connectivity index (χ2v) is 5.08. The van der Waals surface area contributed by atoms with Crippen molar-refractivity contribution >= 4 is 23.6 Å². The fourth-order valence-corrected chi connectivity index (χ4v) is 2.02. The zero-order valence-corrected chi connectivity index (χ0v) is 13.8. The first kappa shape index (κ1) is 20.0. The van der Waals surface area contributed by atoms with Gasteiger partial charge < -0.3 is 14.9 Å². The normalized spacial score (nSPS) is 12.2. The van der Waals surface area contributed by atoms with Crippen molar-refractivity contribution in [3.8, 4) is 5.75 Å². The number of benzene rings is 2. The predicted molar refractivity (Wildman–Crippen MR) is 88.7 cm³/mol. The van der Waals surface area contributed by atoms with Gasteiger partial charge in [0.25, 0.3) is 0 Å². The van der Waals surface area contributed by atoms with Gasteiger partial charge in [-0.3, -0.25) is 4.99 Å². The van der Waals surface area contributed by atoms with Crippen molar-refractivity contribution in [1.82, 2.24) is 0 Å². The molecule has 27 heavy (non-hydrogen) atoms. The van der Waals surface area contributed by atoms with Gasteiger partial charge in [0.15, 0.2) is 23.3 Å². The van der Waals surface area contributed by atoms with Gasteiger partial charge in [0.2, 0.25) is 0 Å². The number of esters is 1. The lowest BCUT2D eigenvalue weighted by atomic mass is 10.1. The van der Waals surface area contributed by atoms with E-state index in [2.05, 4.69) is 4.99 Å². The monoisotopic (exact) mass is 383 g/mol. The number of hydrogen-bond acceptors (Lipinski definition) is 5. The zero-order chi connectivity index (χ0) is 20.1. The highest BCUT2D eigenvalue weighted by molar-refractivity contribution is 6.15. The summed E-state index contributed by atoms with van der Waals surface area (Å²) >= 11 is 0. The van der Waals surface area contributed by atoms with Crippen LogP contribution in [0, 0.1) is 23.3 Å². The summed E-state index contributed by atoms with van der Waals surface area (Å²) in [6.07, 6.45) is 0.723. The van der Waals surface area contributed by atoms with Crippen LogP contribution >= 0.6 is 0 Å². The van der Waals surface area contributed by atoms with Gasteiger partial charge in [-0.2, -0.15) is 0 Å². The Morgan fingerprint density at radius 2 is 1.81 bits per heavy atom. The second-order valence-electron chi connectivity index (χ2n) is 5.08. The zero-order valence-electron chi connectivity index (χ0n) is 13.8. The molecule has 0 heterocycles. The first-order valence-electron chi connectivity index (χ1n) is 7.53. The standard InChI is InChI=1S/C18H13F4NO4/c1-2-27-18(26)10(8-23-12-5-3-4-6-13(12)24)17(25)9-7-11(19)15(21)16(22)14(9)20/h3-8,24-25H,2H2,1H3/b17-10+,23-8?. The van der Waals surface area contributed by atoms with Crippen LogP contribution in [0.1, 0.15) is 12.5 Å². The van der Waals surface area contributed by atoms with Gasteiger partial charge in [-0.15, -0.1) is 0 Å². The molecule has 0 amide bonds. The number of nitrogens with zero attached hydrogens (tertiary/aromatic N) is 1. The molecule has 0 aromatic heterocycles. The summed E-state index contributed by atoms with van der Waals surface area (Å²) in [6, 6.07) is 5.88. The molecule has 0 aliphatic carbocycles. The molecule has 0 aliphatic rings. The summed E-state index contributed by atoms with van der Waals surface area (Å²) in [5.74, 6) is -10.6. The van der Waals surface area contributed by atoms with Crippen LogP contribution in [0.15, 0.2) is 40.9 Å². The van der Waals surface area contributed by atoms with E-state index in [0.717, 1.165) is 6.21 Å². The van der Waals surface area contributed by atoms with Crippen LogP contribution in [0.5, 0.6) is 5.75 Å². The third kappa shape index (κ3) is 4.25. The minimum absolute atomic E-state index is 0.0102. The van der Waals surface area contributed by atoms with E-state index in [9.17, 15) is 32.6 Å². The molecule has 0 radical (unpaired) electrons. The number of carbonyl (C=O) groups is 1. The van der Waals surface area contributed by atoms with Crippen molar-refractivity contribution in [3.05, 3.63) is 64.7 Å². The number of halogens is 4. The lowest BCUT2D eigenvalue weighted by Gasteiger charge is -2.09. The Morgan fingerprint density at radius 3 is 2.44 bits per heavy atom. The van der Waals surface area contributed by atoms with Crippen LogP contribution in [0.2, 0.25) is 0 Å². The molecule has 0 fully saturated rings. The molecule has 0 saturated carbocycles. The van der Waals surface area contributed by atoms with Crippen molar-refractivity contribution < 1.29 is 37.3 Å². The molecule has 0 aliphatic heterocycles. The number of ether oxygens (including phenoxy) is 1. The maximum absolute atomic E-state index is 13.9. The van der Waals surface area contributed by atoms with Gasteiger partial charge in [-0.05, 0) is 25.1 Å². The van der Waals surface area contributed by atoms with E-state index in [0.29, 0.717) is 0 Å². The molecule has 0 unspecified atom stereocenters. The maximum Gasteiger partial charge on any atom is 0.343 e. The molecule has 0 atom stereocenters. The molecule has 0 saturated heterocycles. The first-order chi connectivity index (χ1) is 12.8. The molecule has 0 bridgehead atoms. The fraction of sp³-hybridized carbons (Fsp3) is 0.111. The number of phenolic OH excluding ortho intramolecular Hbond substituents is 1. The minimum atomic E-state index is -2.16. The Morgan fingerprint density at radius 1 is 1.15 bits per heavy atom. The number of aliphatic hydroxyl groups excluding tert-OH is 1. The van der Waals surface area contributed by atoms with E-state index in [1.165, 1.54) is 31.2 Å². The Kier molecular flexibility index (Phi) is 6.17. The molecule has 2 aromatic rings. The number of aliphatic hydroxyl groups is 1. The van der Waals surface area contributed by atoms with Crippen molar-refractivity contribution in [2.45, 2.75) is 6.92 Å². The van der Waals surface area contributed by atoms with Crippen LogP contribution in [0.4, 0.5) is 23.2 Å². The molecule has 142 valence electrons. The van der Waals surface area contributed by atoms with E-state index in [-0.39, 0.29) is 24.1 Å². The largest absolute Gasteiger partial charge is 0.506 e. The number of para-hydroxylation sites is 2. The first-order valence-corrected chi connectivity index (χ1v) is 7.53. The van der Waals surface area contributed by atoms with Crippen LogP contribution in [-0.4, -0.2) is 29.0 Å². The van der Waals surface area contributed by atoms with E-state index in [4.69, 9.17) is 4.74 Å². The molecule has 9 heteroatoms. The Labute approximate surface area is 150 Å². The Balaban J connectivity index is 2.63.